The predicted molar refractivity (Wildman–Crippen MR) is 89.1 cm³/mol. The second kappa shape index (κ2) is 8.02. The maximum Gasteiger partial charge on any atom is 0.0451 e. The Balaban J connectivity index is 2.88. The van der Waals surface area contributed by atoms with Crippen molar-refractivity contribution < 1.29 is 0 Å². The maximum atomic E-state index is 6.28. The number of hydrogen-bond acceptors (Lipinski definition) is 2. The van der Waals surface area contributed by atoms with E-state index >= 15 is 0 Å². The topological polar surface area (TPSA) is 29.3 Å². The zero-order valence-corrected chi connectivity index (χ0v) is 14.1. The van der Waals surface area contributed by atoms with E-state index in [4.69, 9.17) is 17.3 Å². The third-order valence-electron chi connectivity index (χ3n) is 4.64. The Morgan fingerprint density at radius 1 is 1.30 bits per heavy atom. The first-order valence-electron chi connectivity index (χ1n) is 7.63. The predicted octanol–water partition coefficient (Wildman–Crippen LogP) is 4.32. The standard InChI is InChI=1S/C17H29ClN2/c1-5-14(3)11-17(6-2,13-19)20(4)12-15-9-7-8-10-16(15)18/h7-10,14H,5-6,11-13,19H2,1-4H3. The van der Waals surface area contributed by atoms with Gasteiger partial charge >= 0.3 is 0 Å². The second-order valence-corrected chi connectivity index (χ2v) is 6.35. The van der Waals surface area contributed by atoms with Crippen molar-refractivity contribution in [3.8, 4) is 0 Å². The van der Waals surface area contributed by atoms with Gasteiger partial charge in [0, 0.05) is 23.7 Å². The van der Waals surface area contributed by atoms with Crippen LogP contribution < -0.4 is 5.73 Å². The van der Waals surface area contributed by atoms with Crippen molar-refractivity contribution in [2.24, 2.45) is 11.7 Å². The molecule has 0 saturated carbocycles. The van der Waals surface area contributed by atoms with Crippen molar-refractivity contribution >= 4 is 11.6 Å². The van der Waals surface area contributed by atoms with Gasteiger partial charge in [-0.15, -0.1) is 0 Å². The molecule has 0 amide bonds. The lowest BCUT2D eigenvalue weighted by Crippen LogP contribution is -2.52. The quantitative estimate of drug-likeness (QED) is 0.774. The lowest BCUT2D eigenvalue weighted by Gasteiger charge is -2.42. The van der Waals surface area contributed by atoms with Crippen molar-refractivity contribution in [3.05, 3.63) is 34.9 Å². The summed E-state index contributed by atoms with van der Waals surface area (Å²) >= 11 is 6.28. The van der Waals surface area contributed by atoms with Gasteiger partial charge in [-0.2, -0.15) is 0 Å². The number of likely N-dealkylation sites (N-methyl/N-ethyl adjacent to an activating group) is 1. The summed E-state index contributed by atoms with van der Waals surface area (Å²) < 4.78 is 0. The summed E-state index contributed by atoms with van der Waals surface area (Å²) in [5, 5.41) is 0.838. The van der Waals surface area contributed by atoms with Crippen LogP contribution in [0.2, 0.25) is 5.02 Å². The van der Waals surface area contributed by atoms with Crippen molar-refractivity contribution in [2.75, 3.05) is 13.6 Å². The molecule has 3 heteroatoms. The normalized spacial score (nSPS) is 16.1. The molecule has 0 spiro atoms. The van der Waals surface area contributed by atoms with Crippen LogP contribution in [0.3, 0.4) is 0 Å². The minimum absolute atomic E-state index is 0.0641. The SMILES string of the molecule is CCC(C)CC(CC)(CN)N(C)Cc1ccccc1Cl. The lowest BCUT2D eigenvalue weighted by molar-refractivity contribution is 0.0855. The number of benzene rings is 1. The molecular weight excluding hydrogens is 268 g/mol. The molecule has 2 N–H and O–H groups in total. The van der Waals surface area contributed by atoms with E-state index in [1.54, 1.807) is 0 Å². The monoisotopic (exact) mass is 296 g/mol. The fraction of sp³-hybridized carbons (Fsp3) is 0.647. The first kappa shape index (κ1) is 17.5. The fourth-order valence-electron chi connectivity index (χ4n) is 2.80. The van der Waals surface area contributed by atoms with Crippen LogP contribution in [0.4, 0.5) is 0 Å². The van der Waals surface area contributed by atoms with Crippen molar-refractivity contribution in [1.29, 1.82) is 0 Å². The van der Waals surface area contributed by atoms with Gasteiger partial charge in [-0.25, -0.2) is 0 Å². The van der Waals surface area contributed by atoms with E-state index in [-0.39, 0.29) is 5.54 Å². The van der Waals surface area contributed by atoms with E-state index < -0.39 is 0 Å². The Hall–Kier alpha value is -0.570. The van der Waals surface area contributed by atoms with Crippen LogP contribution in [0, 0.1) is 5.92 Å². The minimum Gasteiger partial charge on any atom is -0.329 e. The van der Waals surface area contributed by atoms with Crippen molar-refractivity contribution in [1.82, 2.24) is 4.90 Å². The van der Waals surface area contributed by atoms with Gasteiger partial charge in [0.15, 0.2) is 0 Å². The molecule has 0 heterocycles. The average Bonchev–Trinajstić information content (AvgIpc) is 2.46. The van der Waals surface area contributed by atoms with Crippen molar-refractivity contribution in [2.45, 2.75) is 52.1 Å². The summed E-state index contributed by atoms with van der Waals surface area (Å²) in [5.74, 6) is 0.687. The number of halogens is 1. The molecule has 0 bridgehead atoms. The van der Waals surface area contributed by atoms with Gasteiger partial charge < -0.3 is 5.73 Å². The van der Waals surface area contributed by atoms with Crippen LogP contribution in [0.5, 0.6) is 0 Å². The first-order valence-corrected chi connectivity index (χ1v) is 8.01. The largest absolute Gasteiger partial charge is 0.329 e. The summed E-state index contributed by atoms with van der Waals surface area (Å²) in [4.78, 5) is 2.39. The summed E-state index contributed by atoms with van der Waals surface area (Å²) in [6.07, 6.45) is 3.40. The molecule has 1 rings (SSSR count). The molecule has 20 heavy (non-hydrogen) atoms. The molecule has 114 valence electrons. The Bertz CT molecular complexity index is 402. The second-order valence-electron chi connectivity index (χ2n) is 5.95. The molecule has 0 aliphatic rings. The van der Waals surface area contributed by atoms with E-state index in [0.717, 1.165) is 24.4 Å². The molecule has 0 aliphatic heterocycles. The Kier molecular flexibility index (Phi) is 7.01. The molecule has 0 fully saturated rings. The van der Waals surface area contributed by atoms with Crippen molar-refractivity contribution in [3.63, 3.8) is 0 Å². The van der Waals surface area contributed by atoms with Crippen LogP contribution in [-0.2, 0) is 6.54 Å². The van der Waals surface area contributed by atoms with E-state index in [2.05, 4.69) is 38.8 Å². The van der Waals surface area contributed by atoms with E-state index in [9.17, 15) is 0 Å². The summed E-state index contributed by atoms with van der Waals surface area (Å²) in [5.41, 5.74) is 7.38. The maximum absolute atomic E-state index is 6.28. The smallest absolute Gasteiger partial charge is 0.0451 e. The minimum atomic E-state index is 0.0641. The average molecular weight is 297 g/mol. The van der Waals surface area contributed by atoms with E-state index in [0.29, 0.717) is 12.5 Å². The number of nitrogens with zero attached hydrogens (tertiary/aromatic N) is 1. The van der Waals surface area contributed by atoms with E-state index in [1.807, 2.05) is 18.2 Å². The fourth-order valence-corrected chi connectivity index (χ4v) is 2.99. The van der Waals surface area contributed by atoms with Crippen LogP contribution in [-0.4, -0.2) is 24.0 Å². The molecule has 0 aliphatic carbocycles. The highest BCUT2D eigenvalue weighted by molar-refractivity contribution is 6.31. The zero-order chi connectivity index (χ0) is 15.2. The number of hydrogen-bond donors (Lipinski definition) is 1. The van der Waals surface area contributed by atoms with Gasteiger partial charge in [0.1, 0.15) is 0 Å². The third-order valence-corrected chi connectivity index (χ3v) is 5.01. The van der Waals surface area contributed by atoms with Gasteiger partial charge in [-0.05, 0) is 37.4 Å². The molecule has 2 unspecified atom stereocenters. The summed E-state index contributed by atoms with van der Waals surface area (Å²) in [7, 11) is 2.17. The Morgan fingerprint density at radius 2 is 1.95 bits per heavy atom. The van der Waals surface area contributed by atoms with Crippen LogP contribution >= 0.6 is 11.6 Å². The summed E-state index contributed by atoms with van der Waals surface area (Å²) in [6.45, 7) is 8.33. The molecular formula is C17H29ClN2. The van der Waals surface area contributed by atoms with Crippen LogP contribution in [0.15, 0.2) is 24.3 Å². The highest BCUT2D eigenvalue weighted by atomic mass is 35.5. The molecule has 2 atom stereocenters. The summed E-state index contributed by atoms with van der Waals surface area (Å²) in [6, 6.07) is 8.06. The van der Waals surface area contributed by atoms with Crippen LogP contribution in [0.25, 0.3) is 0 Å². The Labute approximate surface area is 129 Å². The number of rotatable bonds is 8. The third kappa shape index (κ3) is 4.21. The zero-order valence-electron chi connectivity index (χ0n) is 13.3. The molecule has 0 saturated heterocycles. The first-order chi connectivity index (χ1) is 9.49. The molecule has 1 aromatic rings. The van der Waals surface area contributed by atoms with Gasteiger partial charge in [0.25, 0.3) is 0 Å². The lowest BCUT2D eigenvalue weighted by atomic mass is 9.83. The van der Waals surface area contributed by atoms with Gasteiger partial charge in [-0.3, -0.25) is 4.90 Å². The van der Waals surface area contributed by atoms with Gasteiger partial charge in [0.2, 0.25) is 0 Å². The molecule has 0 aromatic heterocycles. The molecule has 0 radical (unpaired) electrons. The highest BCUT2D eigenvalue weighted by Crippen LogP contribution is 2.29. The van der Waals surface area contributed by atoms with Gasteiger partial charge in [-0.1, -0.05) is 57.0 Å². The number of nitrogens with two attached hydrogens (primary N) is 1. The highest BCUT2D eigenvalue weighted by Gasteiger charge is 2.32. The molecule has 1 aromatic carbocycles. The van der Waals surface area contributed by atoms with Gasteiger partial charge in [0.05, 0.1) is 0 Å². The Morgan fingerprint density at radius 3 is 2.45 bits per heavy atom. The van der Waals surface area contributed by atoms with E-state index in [1.165, 1.54) is 12.0 Å². The molecule has 2 nitrogen and oxygen atoms in total. The van der Waals surface area contributed by atoms with Crippen LogP contribution in [0.1, 0.15) is 45.6 Å².